The Morgan fingerprint density at radius 1 is 1.17 bits per heavy atom. The van der Waals surface area contributed by atoms with E-state index in [-0.39, 0.29) is 17.7 Å². The predicted octanol–water partition coefficient (Wildman–Crippen LogP) is 2.77. The summed E-state index contributed by atoms with van der Waals surface area (Å²) < 4.78 is 0. The van der Waals surface area contributed by atoms with Crippen LogP contribution in [-0.2, 0) is 4.79 Å². The number of rotatable bonds is 4. The van der Waals surface area contributed by atoms with Gasteiger partial charge in [-0.3, -0.25) is 19.3 Å². The normalized spacial score (nSPS) is 20.5. The van der Waals surface area contributed by atoms with Crippen molar-refractivity contribution < 1.29 is 14.4 Å². The highest BCUT2D eigenvalue weighted by molar-refractivity contribution is 6.21. The lowest BCUT2D eigenvalue weighted by Gasteiger charge is -2.33. The monoisotopic (exact) mass is 328 g/mol. The first-order valence-corrected chi connectivity index (χ1v) is 8.75. The Bertz CT molecular complexity index is 683. The largest absolute Gasteiger partial charge is 0.340 e. The minimum absolute atomic E-state index is 0.134. The third-order valence-electron chi connectivity index (χ3n) is 5.02. The number of benzene rings is 1. The molecule has 3 amide bonds. The molecule has 2 aliphatic rings. The number of nitrogens with zero attached hydrogens (tertiary/aromatic N) is 2. The van der Waals surface area contributed by atoms with Gasteiger partial charge in [-0.05, 0) is 51.7 Å². The van der Waals surface area contributed by atoms with E-state index in [4.69, 9.17) is 0 Å². The van der Waals surface area contributed by atoms with Crippen molar-refractivity contribution in [2.45, 2.75) is 52.0 Å². The minimum atomic E-state index is -0.242. The van der Waals surface area contributed by atoms with Gasteiger partial charge in [0.1, 0.15) is 0 Å². The van der Waals surface area contributed by atoms with Crippen molar-refractivity contribution in [1.82, 2.24) is 9.80 Å². The number of hydrogen-bond donors (Lipinski definition) is 0. The zero-order chi connectivity index (χ0) is 17.3. The molecule has 1 atom stereocenters. The van der Waals surface area contributed by atoms with Gasteiger partial charge in [-0.1, -0.05) is 11.6 Å². The van der Waals surface area contributed by atoms with Gasteiger partial charge in [-0.15, -0.1) is 0 Å². The highest BCUT2D eigenvalue weighted by Crippen LogP contribution is 2.24. The summed E-state index contributed by atoms with van der Waals surface area (Å²) in [5.74, 6) is -0.346. The first-order chi connectivity index (χ1) is 11.5. The van der Waals surface area contributed by atoms with Crippen LogP contribution in [-0.4, -0.2) is 46.7 Å². The summed E-state index contributed by atoms with van der Waals surface area (Å²) in [5.41, 5.74) is 1.92. The fourth-order valence-electron chi connectivity index (χ4n) is 3.61. The van der Waals surface area contributed by atoms with E-state index in [1.807, 2.05) is 17.9 Å². The first-order valence-electron chi connectivity index (χ1n) is 8.75. The van der Waals surface area contributed by atoms with Gasteiger partial charge in [0.15, 0.2) is 0 Å². The molecule has 1 unspecified atom stereocenters. The van der Waals surface area contributed by atoms with Crippen LogP contribution in [0.5, 0.6) is 0 Å². The number of fused-ring (bicyclic) bond motifs is 1. The molecule has 0 radical (unpaired) electrons. The van der Waals surface area contributed by atoms with E-state index in [9.17, 15) is 14.4 Å². The second-order valence-electron chi connectivity index (χ2n) is 6.85. The third kappa shape index (κ3) is 3.07. The molecule has 1 saturated heterocycles. The molecule has 0 bridgehead atoms. The van der Waals surface area contributed by atoms with Crippen molar-refractivity contribution in [3.05, 3.63) is 34.9 Å². The van der Waals surface area contributed by atoms with Gasteiger partial charge in [0, 0.05) is 25.6 Å². The molecule has 3 rings (SSSR count). The molecule has 1 fully saturated rings. The maximum absolute atomic E-state index is 12.4. The number of hydrogen-bond acceptors (Lipinski definition) is 3. The third-order valence-corrected chi connectivity index (χ3v) is 5.02. The van der Waals surface area contributed by atoms with E-state index in [0.717, 1.165) is 24.9 Å². The fraction of sp³-hybridized carbons (Fsp3) is 0.526. The number of likely N-dealkylation sites (tertiary alicyclic amines) is 1. The Hall–Kier alpha value is -2.17. The summed E-state index contributed by atoms with van der Waals surface area (Å²) >= 11 is 0. The van der Waals surface area contributed by atoms with Gasteiger partial charge >= 0.3 is 0 Å². The van der Waals surface area contributed by atoms with Gasteiger partial charge in [0.05, 0.1) is 11.1 Å². The SMILES string of the molecule is Cc1ccc2c(c1)C(=O)N(CCCC(=O)N1CCCCC1C)C2=O. The number of imide groups is 1. The molecular formula is C19H24N2O3. The quantitative estimate of drug-likeness (QED) is 0.799. The molecule has 128 valence electrons. The molecule has 1 aromatic rings. The predicted molar refractivity (Wildman–Crippen MR) is 90.8 cm³/mol. The fourth-order valence-corrected chi connectivity index (χ4v) is 3.61. The highest BCUT2D eigenvalue weighted by atomic mass is 16.2. The Labute approximate surface area is 142 Å². The zero-order valence-electron chi connectivity index (χ0n) is 14.4. The lowest BCUT2D eigenvalue weighted by Crippen LogP contribution is -2.42. The molecule has 0 saturated carbocycles. The van der Waals surface area contributed by atoms with Gasteiger partial charge in [0.2, 0.25) is 5.91 Å². The molecular weight excluding hydrogens is 304 g/mol. The summed E-state index contributed by atoms with van der Waals surface area (Å²) in [6, 6.07) is 5.62. The number of carbonyl (C=O) groups is 3. The second-order valence-corrected chi connectivity index (χ2v) is 6.85. The van der Waals surface area contributed by atoms with Crippen molar-refractivity contribution in [2.24, 2.45) is 0 Å². The zero-order valence-corrected chi connectivity index (χ0v) is 14.4. The average Bonchev–Trinajstić information content (AvgIpc) is 2.79. The van der Waals surface area contributed by atoms with Crippen LogP contribution in [0.25, 0.3) is 0 Å². The number of aryl methyl sites for hydroxylation is 1. The van der Waals surface area contributed by atoms with Crippen LogP contribution >= 0.6 is 0 Å². The topological polar surface area (TPSA) is 57.7 Å². The highest BCUT2D eigenvalue weighted by Gasteiger charge is 2.35. The van der Waals surface area contributed by atoms with Crippen molar-refractivity contribution in [3.8, 4) is 0 Å². The lowest BCUT2D eigenvalue weighted by molar-refractivity contribution is -0.134. The summed E-state index contributed by atoms with van der Waals surface area (Å²) in [7, 11) is 0. The lowest BCUT2D eigenvalue weighted by atomic mass is 10.0. The molecule has 0 aromatic heterocycles. The summed E-state index contributed by atoms with van der Waals surface area (Å²) in [6.45, 7) is 5.12. The van der Waals surface area contributed by atoms with E-state index < -0.39 is 0 Å². The van der Waals surface area contributed by atoms with Crippen LogP contribution in [0.1, 0.15) is 65.3 Å². The number of amides is 3. The van der Waals surface area contributed by atoms with Crippen molar-refractivity contribution in [1.29, 1.82) is 0 Å². The smallest absolute Gasteiger partial charge is 0.261 e. The second kappa shape index (κ2) is 6.75. The van der Waals surface area contributed by atoms with Crippen LogP contribution < -0.4 is 0 Å². The van der Waals surface area contributed by atoms with Crippen molar-refractivity contribution >= 4 is 17.7 Å². The molecule has 5 nitrogen and oxygen atoms in total. The maximum Gasteiger partial charge on any atom is 0.261 e. The summed E-state index contributed by atoms with van der Waals surface area (Å²) in [4.78, 5) is 40.3. The van der Waals surface area contributed by atoms with Crippen LogP contribution in [0.15, 0.2) is 18.2 Å². The van der Waals surface area contributed by atoms with Crippen LogP contribution in [0.2, 0.25) is 0 Å². The van der Waals surface area contributed by atoms with Gasteiger partial charge < -0.3 is 4.90 Å². The maximum atomic E-state index is 12.4. The van der Waals surface area contributed by atoms with Gasteiger partial charge in [-0.25, -0.2) is 0 Å². The molecule has 0 N–H and O–H groups in total. The number of carbonyl (C=O) groups excluding carboxylic acids is 3. The first kappa shape index (κ1) is 16.7. The molecule has 2 heterocycles. The molecule has 24 heavy (non-hydrogen) atoms. The van der Waals surface area contributed by atoms with E-state index in [0.29, 0.717) is 36.6 Å². The van der Waals surface area contributed by atoms with E-state index in [1.165, 1.54) is 11.3 Å². The molecule has 1 aromatic carbocycles. The Balaban J connectivity index is 1.57. The van der Waals surface area contributed by atoms with E-state index in [2.05, 4.69) is 6.92 Å². The Morgan fingerprint density at radius 2 is 1.92 bits per heavy atom. The minimum Gasteiger partial charge on any atom is -0.340 e. The molecule has 5 heteroatoms. The number of piperidine rings is 1. The molecule has 2 aliphatic heterocycles. The Morgan fingerprint density at radius 3 is 2.67 bits per heavy atom. The average molecular weight is 328 g/mol. The van der Waals surface area contributed by atoms with Crippen LogP contribution in [0.3, 0.4) is 0 Å². The standard InChI is InChI=1S/C19H24N2O3/c1-13-8-9-15-16(12-13)19(24)21(18(15)23)11-5-7-17(22)20-10-4-3-6-14(20)2/h8-9,12,14H,3-7,10-11H2,1-2H3. The van der Waals surface area contributed by atoms with E-state index in [1.54, 1.807) is 12.1 Å². The van der Waals surface area contributed by atoms with Gasteiger partial charge in [0.25, 0.3) is 11.8 Å². The van der Waals surface area contributed by atoms with Crippen molar-refractivity contribution in [3.63, 3.8) is 0 Å². The molecule has 0 spiro atoms. The van der Waals surface area contributed by atoms with Crippen LogP contribution in [0, 0.1) is 6.92 Å². The van der Waals surface area contributed by atoms with Crippen LogP contribution in [0.4, 0.5) is 0 Å². The molecule has 0 aliphatic carbocycles. The van der Waals surface area contributed by atoms with Gasteiger partial charge in [-0.2, -0.15) is 0 Å². The van der Waals surface area contributed by atoms with Crippen molar-refractivity contribution in [2.75, 3.05) is 13.1 Å². The summed E-state index contributed by atoms with van der Waals surface area (Å²) in [6.07, 6.45) is 4.21. The van der Waals surface area contributed by atoms with E-state index >= 15 is 0 Å². The Kier molecular flexibility index (Phi) is 4.69. The summed E-state index contributed by atoms with van der Waals surface area (Å²) in [5, 5.41) is 0.